The van der Waals surface area contributed by atoms with E-state index in [4.69, 9.17) is 23.2 Å². The lowest BCUT2D eigenvalue weighted by Crippen LogP contribution is -2.44. The predicted molar refractivity (Wildman–Crippen MR) is 118 cm³/mol. The van der Waals surface area contributed by atoms with Crippen molar-refractivity contribution in [3.63, 3.8) is 0 Å². The number of urea groups is 1. The predicted octanol–water partition coefficient (Wildman–Crippen LogP) is 5.55. The molecular formula is C23H21Cl2N3O2. The minimum Gasteiger partial charge on any atom is -0.356 e. The van der Waals surface area contributed by atoms with Crippen LogP contribution in [0, 0.1) is 0 Å². The topological polar surface area (TPSA) is 56.4 Å². The Labute approximate surface area is 184 Å². The number of nitrogens with one attached hydrogen (secondary N) is 1. The van der Waals surface area contributed by atoms with Crippen LogP contribution in [0.15, 0.2) is 42.5 Å². The molecule has 0 aliphatic carbocycles. The Balaban J connectivity index is 1.72. The second-order valence-corrected chi connectivity index (χ2v) is 8.65. The van der Waals surface area contributed by atoms with Crippen LogP contribution in [0.3, 0.4) is 0 Å². The molecule has 5 nitrogen and oxygen atoms in total. The lowest BCUT2D eigenvalue weighted by atomic mass is 9.89. The number of nitrogens with zero attached hydrogens (tertiary/aromatic N) is 2. The summed E-state index contributed by atoms with van der Waals surface area (Å²) in [5.74, 6) is -0.132. The van der Waals surface area contributed by atoms with Gasteiger partial charge in [-0.3, -0.25) is 14.6 Å². The van der Waals surface area contributed by atoms with Crippen LogP contribution in [-0.4, -0.2) is 39.3 Å². The van der Waals surface area contributed by atoms with E-state index in [-0.39, 0.29) is 11.9 Å². The van der Waals surface area contributed by atoms with Gasteiger partial charge in [-0.2, -0.15) is 0 Å². The minimum atomic E-state index is -0.541. The SMILES string of the molecule is CCCCN1C(=O)[C@@H]2Cc3c([nH]c4ccccc34)[C@H](c3cccc(Cl)c3Cl)N2C1=O. The molecule has 3 amide bonds. The van der Waals surface area contributed by atoms with Gasteiger partial charge in [-0.25, -0.2) is 4.79 Å². The summed E-state index contributed by atoms with van der Waals surface area (Å²) >= 11 is 12.9. The van der Waals surface area contributed by atoms with E-state index in [2.05, 4.69) is 4.98 Å². The number of carbonyl (C=O) groups excluding carboxylic acids is 2. The first-order valence-corrected chi connectivity index (χ1v) is 11.0. The molecule has 0 spiro atoms. The van der Waals surface area contributed by atoms with Crippen LogP contribution in [0.25, 0.3) is 10.9 Å². The fraction of sp³-hybridized carbons (Fsp3) is 0.304. The zero-order valence-corrected chi connectivity index (χ0v) is 18.0. The Kier molecular flexibility index (Phi) is 4.75. The van der Waals surface area contributed by atoms with Crippen LogP contribution >= 0.6 is 23.2 Å². The Morgan fingerprint density at radius 2 is 1.90 bits per heavy atom. The number of halogens is 2. The Hall–Kier alpha value is -2.50. The molecule has 0 unspecified atom stereocenters. The molecule has 0 radical (unpaired) electrons. The minimum absolute atomic E-state index is 0.132. The maximum Gasteiger partial charge on any atom is 0.328 e. The number of benzene rings is 2. The maximum atomic E-state index is 13.4. The summed E-state index contributed by atoms with van der Waals surface area (Å²) in [6.45, 7) is 2.48. The first-order valence-electron chi connectivity index (χ1n) is 10.2. The number of para-hydroxylation sites is 1. The number of aromatic nitrogens is 1. The molecule has 7 heteroatoms. The van der Waals surface area contributed by atoms with Crippen molar-refractivity contribution in [2.45, 2.75) is 38.3 Å². The molecule has 5 rings (SSSR count). The first kappa shape index (κ1) is 19.5. The van der Waals surface area contributed by atoms with E-state index in [0.717, 1.165) is 40.6 Å². The number of carbonyl (C=O) groups is 2. The quantitative estimate of drug-likeness (QED) is 0.539. The summed E-state index contributed by atoms with van der Waals surface area (Å²) in [6, 6.07) is 12.1. The average Bonchev–Trinajstić information content (AvgIpc) is 3.23. The monoisotopic (exact) mass is 441 g/mol. The van der Waals surface area contributed by atoms with Gasteiger partial charge in [0.15, 0.2) is 0 Å². The highest BCUT2D eigenvalue weighted by atomic mass is 35.5. The maximum absolute atomic E-state index is 13.4. The highest BCUT2D eigenvalue weighted by molar-refractivity contribution is 6.42. The molecule has 1 N–H and O–H groups in total. The molecule has 2 aliphatic rings. The van der Waals surface area contributed by atoms with Gasteiger partial charge in [-0.1, -0.05) is 66.9 Å². The van der Waals surface area contributed by atoms with Gasteiger partial charge in [0, 0.05) is 35.1 Å². The van der Waals surface area contributed by atoms with Crippen molar-refractivity contribution < 1.29 is 9.59 Å². The zero-order chi connectivity index (χ0) is 21.0. The fourth-order valence-electron chi connectivity index (χ4n) is 4.71. The summed E-state index contributed by atoms with van der Waals surface area (Å²) in [7, 11) is 0. The van der Waals surface area contributed by atoms with Crippen LogP contribution in [-0.2, 0) is 11.2 Å². The van der Waals surface area contributed by atoms with Crippen LogP contribution in [0.4, 0.5) is 4.79 Å². The summed E-state index contributed by atoms with van der Waals surface area (Å²) in [4.78, 5) is 33.2. The van der Waals surface area contributed by atoms with E-state index in [9.17, 15) is 9.59 Å². The number of rotatable bonds is 4. The summed E-state index contributed by atoms with van der Waals surface area (Å²) in [5, 5.41) is 1.90. The van der Waals surface area contributed by atoms with Gasteiger partial charge in [0.25, 0.3) is 5.91 Å². The fourth-order valence-corrected chi connectivity index (χ4v) is 5.12. The van der Waals surface area contributed by atoms with E-state index in [0.29, 0.717) is 23.0 Å². The number of unbranched alkanes of at least 4 members (excludes halogenated alkanes) is 1. The summed E-state index contributed by atoms with van der Waals surface area (Å²) in [5.41, 5.74) is 3.66. The largest absolute Gasteiger partial charge is 0.356 e. The second kappa shape index (κ2) is 7.33. The third-order valence-electron chi connectivity index (χ3n) is 6.15. The van der Waals surface area contributed by atoms with Crippen LogP contribution < -0.4 is 0 Å². The van der Waals surface area contributed by atoms with Crippen LogP contribution in [0.2, 0.25) is 10.0 Å². The standard InChI is InChI=1S/C23H21Cl2N3O2/c1-2-3-11-27-22(29)18-12-15-13-7-4-5-10-17(13)26-20(15)21(28(18)23(27)30)14-8-6-9-16(24)19(14)25/h4-10,18,21,26H,2-3,11-12H2,1H3/t18-,21-/m0/s1. The van der Waals surface area contributed by atoms with Crippen molar-refractivity contribution in [1.82, 2.24) is 14.8 Å². The van der Waals surface area contributed by atoms with Gasteiger partial charge in [0.05, 0.1) is 10.0 Å². The summed E-state index contributed by atoms with van der Waals surface area (Å²) < 4.78 is 0. The van der Waals surface area contributed by atoms with Gasteiger partial charge in [-0.05, 0) is 24.1 Å². The number of hydrogen-bond acceptors (Lipinski definition) is 2. The molecule has 2 atom stereocenters. The smallest absolute Gasteiger partial charge is 0.328 e. The van der Waals surface area contributed by atoms with Gasteiger partial charge < -0.3 is 4.98 Å². The molecule has 2 aliphatic heterocycles. The van der Waals surface area contributed by atoms with Crippen molar-refractivity contribution in [2.24, 2.45) is 0 Å². The lowest BCUT2D eigenvalue weighted by molar-refractivity contribution is -0.128. The molecule has 1 aromatic heterocycles. The van der Waals surface area contributed by atoms with Crippen molar-refractivity contribution in [3.05, 3.63) is 69.3 Å². The van der Waals surface area contributed by atoms with Gasteiger partial charge in [-0.15, -0.1) is 0 Å². The number of imide groups is 1. The third kappa shape index (κ3) is 2.76. The highest BCUT2D eigenvalue weighted by Gasteiger charge is 2.52. The number of H-pyrrole nitrogens is 1. The second-order valence-electron chi connectivity index (χ2n) is 7.86. The van der Waals surface area contributed by atoms with Gasteiger partial charge in [0.1, 0.15) is 12.1 Å². The van der Waals surface area contributed by atoms with Crippen LogP contribution in [0.1, 0.15) is 42.6 Å². The molecule has 0 bridgehead atoms. The third-order valence-corrected chi connectivity index (χ3v) is 6.98. The molecule has 2 aromatic carbocycles. The molecule has 3 heterocycles. The lowest BCUT2D eigenvalue weighted by Gasteiger charge is -2.36. The molecule has 0 saturated carbocycles. The number of aromatic amines is 1. The Bertz CT molecular complexity index is 1170. The van der Waals surface area contributed by atoms with Crippen molar-refractivity contribution in [2.75, 3.05) is 6.54 Å². The zero-order valence-electron chi connectivity index (χ0n) is 16.5. The van der Waals surface area contributed by atoms with E-state index >= 15 is 0 Å². The van der Waals surface area contributed by atoms with E-state index < -0.39 is 12.1 Å². The molecule has 154 valence electrons. The number of fused-ring (bicyclic) bond motifs is 4. The normalized spacial score (nSPS) is 20.8. The molecule has 30 heavy (non-hydrogen) atoms. The van der Waals surface area contributed by atoms with Gasteiger partial charge >= 0.3 is 6.03 Å². The van der Waals surface area contributed by atoms with Crippen LogP contribution in [0.5, 0.6) is 0 Å². The highest BCUT2D eigenvalue weighted by Crippen LogP contribution is 2.46. The molecule has 1 saturated heterocycles. The average molecular weight is 442 g/mol. The van der Waals surface area contributed by atoms with Crippen molar-refractivity contribution >= 4 is 46.0 Å². The Morgan fingerprint density at radius 3 is 2.70 bits per heavy atom. The van der Waals surface area contributed by atoms with E-state index in [1.54, 1.807) is 11.0 Å². The summed E-state index contributed by atoms with van der Waals surface area (Å²) in [6.07, 6.45) is 2.19. The molecule has 3 aromatic rings. The van der Waals surface area contributed by atoms with E-state index in [1.807, 2.05) is 43.3 Å². The number of hydrogen-bond donors (Lipinski definition) is 1. The molecule has 1 fully saturated rings. The van der Waals surface area contributed by atoms with Crippen molar-refractivity contribution in [1.29, 1.82) is 0 Å². The molecular weight excluding hydrogens is 421 g/mol. The van der Waals surface area contributed by atoms with E-state index in [1.165, 1.54) is 4.90 Å². The van der Waals surface area contributed by atoms with Crippen molar-refractivity contribution in [3.8, 4) is 0 Å². The number of amides is 3. The van der Waals surface area contributed by atoms with Gasteiger partial charge in [0.2, 0.25) is 0 Å². The Morgan fingerprint density at radius 1 is 1.10 bits per heavy atom. The first-order chi connectivity index (χ1) is 14.5.